The summed E-state index contributed by atoms with van der Waals surface area (Å²) in [5.41, 5.74) is 0.915. The van der Waals surface area contributed by atoms with E-state index in [1.807, 2.05) is 0 Å². The summed E-state index contributed by atoms with van der Waals surface area (Å²) in [6.07, 6.45) is 22.7. The number of amides is 1. The number of rotatable bonds is 17. The van der Waals surface area contributed by atoms with Crippen LogP contribution in [0.15, 0.2) is 42.5 Å². The van der Waals surface area contributed by atoms with Crippen LogP contribution in [0.25, 0.3) is 0 Å². The zero-order chi connectivity index (χ0) is 21.9. The number of nitrogens with one attached hydrogen (secondary N) is 1. The molecule has 0 fully saturated rings. The van der Waals surface area contributed by atoms with E-state index in [1.165, 1.54) is 52.1 Å². The Morgan fingerprint density at radius 3 is 2.33 bits per heavy atom. The lowest BCUT2D eigenvalue weighted by molar-refractivity contribution is -0.121. The zero-order valence-electron chi connectivity index (χ0n) is 19.0. The maximum atomic E-state index is 12.0. The molecule has 4 nitrogen and oxygen atoms in total. The second-order valence-electron chi connectivity index (χ2n) is 7.76. The standard InChI is InChI=1S/C26H41NO3/c1-3-4-5-6-7-8-9-10-11-12-13-14-15-16-17-18-26(29)27-22-23-19-20-24(28)25(21-23)30-2/h7-8,10-11,19-21,28H,3-6,9,12-18,22H2,1-2H3,(H,27,29)/b8-7-,11-10-. The van der Waals surface area contributed by atoms with E-state index in [4.69, 9.17) is 4.74 Å². The average molecular weight is 416 g/mol. The SMILES string of the molecule is CCCCC/C=C\C/C=C\CCCCCCCC(=O)NCc1ccc(O)c(OC)c1. The van der Waals surface area contributed by atoms with Crippen molar-refractivity contribution in [1.29, 1.82) is 0 Å². The number of allylic oxidation sites excluding steroid dienone is 4. The topological polar surface area (TPSA) is 58.6 Å². The number of phenols is 1. The molecular formula is C26H41NO3. The van der Waals surface area contributed by atoms with E-state index in [9.17, 15) is 9.90 Å². The van der Waals surface area contributed by atoms with Crippen molar-refractivity contribution in [3.63, 3.8) is 0 Å². The first-order valence-corrected chi connectivity index (χ1v) is 11.6. The summed E-state index contributed by atoms with van der Waals surface area (Å²) in [7, 11) is 1.52. The summed E-state index contributed by atoms with van der Waals surface area (Å²) >= 11 is 0. The molecule has 30 heavy (non-hydrogen) atoms. The summed E-state index contributed by atoms with van der Waals surface area (Å²) in [5.74, 6) is 0.612. The molecule has 0 atom stereocenters. The van der Waals surface area contributed by atoms with Crippen LogP contribution in [0.5, 0.6) is 11.5 Å². The summed E-state index contributed by atoms with van der Waals surface area (Å²) in [6.45, 7) is 2.69. The number of unbranched alkanes of at least 4 members (excludes halogenated alkanes) is 8. The second kappa shape index (κ2) is 17.6. The molecule has 0 heterocycles. The van der Waals surface area contributed by atoms with Gasteiger partial charge in [-0.25, -0.2) is 0 Å². The third kappa shape index (κ3) is 13.1. The Bertz CT molecular complexity index is 637. The number of hydrogen-bond donors (Lipinski definition) is 2. The van der Waals surface area contributed by atoms with E-state index in [2.05, 4.69) is 36.5 Å². The van der Waals surface area contributed by atoms with Gasteiger partial charge in [0, 0.05) is 13.0 Å². The highest BCUT2D eigenvalue weighted by Crippen LogP contribution is 2.26. The monoisotopic (exact) mass is 415 g/mol. The molecule has 1 aromatic rings. The van der Waals surface area contributed by atoms with E-state index in [1.54, 1.807) is 18.2 Å². The maximum Gasteiger partial charge on any atom is 0.220 e. The molecule has 0 saturated heterocycles. The van der Waals surface area contributed by atoms with Crippen LogP contribution in [0.3, 0.4) is 0 Å². The van der Waals surface area contributed by atoms with Gasteiger partial charge < -0.3 is 15.2 Å². The minimum absolute atomic E-state index is 0.0766. The van der Waals surface area contributed by atoms with Crippen molar-refractivity contribution in [1.82, 2.24) is 5.32 Å². The molecule has 168 valence electrons. The Labute approximate surface area is 183 Å². The minimum Gasteiger partial charge on any atom is -0.504 e. The van der Waals surface area contributed by atoms with Gasteiger partial charge in [-0.15, -0.1) is 0 Å². The third-order valence-corrected chi connectivity index (χ3v) is 5.09. The van der Waals surface area contributed by atoms with Crippen LogP contribution in [-0.4, -0.2) is 18.1 Å². The molecule has 0 saturated carbocycles. The van der Waals surface area contributed by atoms with Crippen LogP contribution in [0.4, 0.5) is 0 Å². The van der Waals surface area contributed by atoms with Gasteiger partial charge in [0.1, 0.15) is 0 Å². The molecule has 4 heteroatoms. The lowest BCUT2D eigenvalue weighted by Crippen LogP contribution is -2.22. The van der Waals surface area contributed by atoms with Crippen molar-refractivity contribution in [3.05, 3.63) is 48.1 Å². The van der Waals surface area contributed by atoms with Crippen molar-refractivity contribution >= 4 is 5.91 Å². The highest BCUT2D eigenvalue weighted by atomic mass is 16.5. The molecule has 1 rings (SSSR count). The third-order valence-electron chi connectivity index (χ3n) is 5.09. The van der Waals surface area contributed by atoms with E-state index in [-0.39, 0.29) is 11.7 Å². The summed E-state index contributed by atoms with van der Waals surface area (Å²) in [5, 5.41) is 12.5. The number of hydrogen-bond acceptors (Lipinski definition) is 3. The molecule has 1 aromatic carbocycles. The molecule has 0 bridgehead atoms. The van der Waals surface area contributed by atoms with Gasteiger partial charge in [0.2, 0.25) is 5.91 Å². The Kier molecular flexibility index (Phi) is 15.2. The highest BCUT2D eigenvalue weighted by Gasteiger charge is 2.05. The molecule has 0 aliphatic rings. The zero-order valence-corrected chi connectivity index (χ0v) is 19.0. The van der Waals surface area contributed by atoms with Gasteiger partial charge in [0.15, 0.2) is 11.5 Å². The molecule has 0 aromatic heterocycles. The molecule has 0 aliphatic heterocycles. The number of ether oxygens (including phenoxy) is 1. The van der Waals surface area contributed by atoms with E-state index < -0.39 is 0 Å². The Balaban J connectivity index is 1.96. The fourth-order valence-corrected chi connectivity index (χ4v) is 3.22. The first-order chi connectivity index (χ1) is 14.7. The first kappa shape index (κ1) is 25.8. The van der Waals surface area contributed by atoms with Crippen molar-refractivity contribution in [2.24, 2.45) is 0 Å². The number of phenolic OH excluding ortho intramolecular Hbond substituents is 1. The van der Waals surface area contributed by atoms with Crippen LogP contribution in [-0.2, 0) is 11.3 Å². The average Bonchev–Trinajstić information content (AvgIpc) is 2.75. The van der Waals surface area contributed by atoms with Gasteiger partial charge in [-0.3, -0.25) is 4.79 Å². The number of carbonyl (C=O) groups is 1. The lowest BCUT2D eigenvalue weighted by atomic mass is 10.1. The highest BCUT2D eigenvalue weighted by molar-refractivity contribution is 5.75. The van der Waals surface area contributed by atoms with Crippen molar-refractivity contribution in [2.75, 3.05) is 7.11 Å². The Morgan fingerprint density at radius 1 is 0.967 bits per heavy atom. The van der Waals surface area contributed by atoms with Gasteiger partial charge in [-0.05, 0) is 56.2 Å². The first-order valence-electron chi connectivity index (χ1n) is 11.6. The fraction of sp³-hybridized carbons (Fsp3) is 0.577. The molecule has 1 amide bonds. The normalized spacial score (nSPS) is 11.4. The molecule has 0 aliphatic carbocycles. The summed E-state index contributed by atoms with van der Waals surface area (Å²) < 4.78 is 5.08. The van der Waals surface area contributed by atoms with Crippen LogP contribution >= 0.6 is 0 Å². The van der Waals surface area contributed by atoms with E-state index in [0.29, 0.717) is 18.7 Å². The van der Waals surface area contributed by atoms with Gasteiger partial charge in [0.25, 0.3) is 0 Å². The fourth-order valence-electron chi connectivity index (χ4n) is 3.22. The van der Waals surface area contributed by atoms with Gasteiger partial charge in [-0.2, -0.15) is 0 Å². The number of benzene rings is 1. The maximum absolute atomic E-state index is 12.0. The molecule has 0 unspecified atom stereocenters. The Hall–Kier alpha value is -2.23. The van der Waals surface area contributed by atoms with Crippen molar-refractivity contribution in [2.45, 2.75) is 90.5 Å². The van der Waals surface area contributed by atoms with E-state index >= 15 is 0 Å². The summed E-state index contributed by atoms with van der Waals surface area (Å²) in [6, 6.07) is 5.12. The van der Waals surface area contributed by atoms with Crippen LogP contribution in [0.1, 0.15) is 89.5 Å². The van der Waals surface area contributed by atoms with Gasteiger partial charge in [0.05, 0.1) is 7.11 Å². The quantitative estimate of drug-likeness (QED) is 0.216. The van der Waals surface area contributed by atoms with Crippen LogP contribution < -0.4 is 10.1 Å². The summed E-state index contributed by atoms with van der Waals surface area (Å²) in [4.78, 5) is 12.0. The van der Waals surface area contributed by atoms with Crippen LogP contribution in [0, 0.1) is 0 Å². The lowest BCUT2D eigenvalue weighted by Gasteiger charge is -2.08. The number of aromatic hydroxyl groups is 1. The second-order valence-corrected chi connectivity index (χ2v) is 7.76. The Morgan fingerprint density at radius 2 is 1.63 bits per heavy atom. The smallest absolute Gasteiger partial charge is 0.220 e. The molecule has 2 N–H and O–H groups in total. The van der Waals surface area contributed by atoms with Gasteiger partial charge in [-0.1, -0.05) is 69.4 Å². The molecule has 0 spiro atoms. The van der Waals surface area contributed by atoms with Crippen molar-refractivity contribution < 1.29 is 14.6 Å². The largest absolute Gasteiger partial charge is 0.504 e. The number of methoxy groups -OCH3 is 1. The van der Waals surface area contributed by atoms with E-state index in [0.717, 1.165) is 31.2 Å². The molecule has 0 radical (unpaired) electrons. The number of carbonyl (C=O) groups excluding carboxylic acids is 1. The van der Waals surface area contributed by atoms with Gasteiger partial charge >= 0.3 is 0 Å². The predicted molar refractivity (Wildman–Crippen MR) is 126 cm³/mol. The van der Waals surface area contributed by atoms with Crippen LogP contribution in [0.2, 0.25) is 0 Å². The minimum atomic E-state index is 0.0766. The van der Waals surface area contributed by atoms with Crippen molar-refractivity contribution in [3.8, 4) is 11.5 Å². The predicted octanol–water partition coefficient (Wildman–Crippen LogP) is 6.83. The molecular weight excluding hydrogens is 374 g/mol.